The highest BCUT2D eigenvalue weighted by molar-refractivity contribution is 9.09. The molecule has 0 bridgehead atoms. The number of aliphatic hydroxyl groups is 1. The van der Waals surface area contributed by atoms with E-state index in [2.05, 4.69) is 15.9 Å². The molecular weight excluding hydrogens is 258 g/mol. The van der Waals surface area contributed by atoms with Crippen molar-refractivity contribution in [3.8, 4) is 0 Å². The molecule has 0 saturated carbocycles. The van der Waals surface area contributed by atoms with Gasteiger partial charge in [-0.25, -0.2) is 0 Å². The minimum atomic E-state index is 0.0789. The van der Waals surface area contributed by atoms with E-state index in [4.69, 9.17) is 0 Å². The van der Waals surface area contributed by atoms with Gasteiger partial charge in [0, 0.05) is 18.3 Å². The van der Waals surface area contributed by atoms with Gasteiger partial charge in [-0.2, -0.15) is 0 Å². The Kier molecular flexibility index (Phi) is 6.25. The highest BCUT2D eigenvalue weighted by atomic mass is 79.9. The Hall–Kier alpha value is -0.0900. The number of halogens is 1. The monoisotopic (exact) mass is 277 g/mol. The predicted octanol–water partition coefficient (Wildman–Crippen LogP) is 1.93. The van der Waals surface area contributed by atoms with Crippen molar-refractivity contribution in [2.75, 3.05) is 18.5 Å². The van der Waals surface area contributed by atoms with Crippen LogP contribution in [-0.4, -0.2) is 40.4 Å². The van der Waals surface area contributed by atoms with Crippen LogP contribution in [0.25, 0.3) is 0 Å². The molecule has 4 heteroatoms. The lowest BCUT2D eigenvalue weighted by molar-refractivity contribution is -0.136. The van der Waals surface area contributed by atoms with E-state index >= 15 is 0 Å². The topological polar surface area (TPSA) is 40.5 Å². The Balaban J connectivity index is 2.34. The van der Waals surface area contributed by atoms with Crippen LogP contribution in [0.4, 0.5) is 0 Å². The lowest BCUT2D eigenvalue weighted by atomic mass is 10.0. The number of nitrogens with zero attached hydrogens (tertiary/aromatic N) is 1. The molecule has 0 aliphatic carbocycles. The van der Waals surface area contributed by atoms with Gasteiger partial charge in [0.2, 0.25) is 5.91 Å². The third-order valence-corrected chi connectivity index (χ3v) is 3.49. The minimum absolute atomic E-state index is 0.0789. The number of aliphatic hydroxyl groups excluding tert-OH is 1. The number of piperidine rings is 1. The zero-order chi connectivity index (χ0) is 11.1. The SMILES string of the molecule is O=C(CCCCBr)N1CCCCC1CO. The molecule has 1 aliphatic heterocycles. The highest BCUT2D eigenvalue weighted by Gasteiger charge is 2.25. The molecule has 1 N–H and O–H groups in total. The standard InChI is InChI=1S/C11H20BrNO2/c12-7-3-1-6-11(15)13-8-4-2-5-10(13)9-14/h10,14H,1-9H2. The lowest BCUT2D eigenvalue weighted by Crippen LogP contribution is -2.45. The summed E-state index contributed by atoms with van der Waals surface area (Å²) in [7, 11) is 0. The van der Waals surface area contributed by atoms with Gasteiger partial charge in [0.1, 0.15) is 0 Å². The first-order valence-corrected chi connectivity index (χ1v) is 6.88. The van der Waals surface area contributed by atoms with Gasteiger partial charge in [0.25, 0.3) is 0 Å². The molecule has 1 aliphatic rings. The molecule has 0 aromatic carbocycles. The maximum atomic E-state index is 11.8. The zero-order valence-electron chi connectivity index (χ0n) is 9.12. The number of carbonyl (C=O) groups excluding carboxylic acids is 1. The Morgan fingerprint density at radius 2 is 2.20 bits per heavy atom. The smallest absolute Gasteiger partial charge is 0.222 e. The molecule has 0 radical (unpaired) electrons. The van der Waals surface area contributed by atoms with Crippen LogP contribution in [0.2, 0.25) is 0 Å². The summed E-state index contributed by atoms with van der Waals surface area (Å²) in [5.74, 6) is 0.217. The van der Waals surface area contributed by atoms with Crippen molar-refractivity contribution >= 4 is 21.8 Å². The summed E-state index contributed by atoms with van der Waals surface area (Å²) in [6.45, 7) is 0.947. The second kappa shape index (κ2) is 7.23. The Morgan fingerprint density at radius 1 is 1.40 bits per heavy atom. The maximum absolute atomic E-state index is 11.8. The van der Waals surface area contributed by atoms with E-state index in [0.29, 0.717) is 6.42 Å². The molecule has 1 fully saturated rings. The van der Waals surface area contributed by atoms with Crippen molar-refractivity contribution in [2.24, 2.45) is 0 Å². The van der Waals surface area contributed by atoms with Gasteiger partial charge in [-0.1, -0.05) is 15.9 Å². The third kappa shape index (κ3) is 4.11. The van der Waals surface area contributed by atoms with Crippen molar-refractivity contribution in [1.29, 1.82) is 0 Å². The molecule has 1 unspecified atom stereocenters. The van der Waals surface area contributed by atoms with Gasteiger partial charge in [0.15, 0.2) is 0 Å². The van der Waals surface area contributed by atoms with Crippen LogP contribution >= 0.6 is 15.9 Å². The molecule has 0 aromatic heterocycles. The van der Waals surface area contributed by atoms with Crippen molar-refractivity contribution in [1.82, 2.24) is 4.90 Å². The lowest BCUT2D eigenvalue weighted by Gasteiger charge is -2.34. The number of hydrogen-bond acceptors (Lipinski definition) is 2. The molecule has 88 valence electrons. The molecular formula is C11H20BrNO2. The second-order valence-corrected chi connectivity index (χ2v) is 4.86. The third-order valence-electron chi connectivity index (χ3n) is 2.93. The summed E-state index contributed by atoms with van der Waals surface area (Å²) in [5.41, 5.74) is 0. The number of hydrogen-bond donors (Lipinski definition) is 1. The van der Waals surface area contributed by atoms with Crippen LogP contribution in [0.15, 0.2) is 0 Å². The number of amides is 1. The van der Waals surface area contributed by atoms with E-state index in [9.17, 15) is 9.90 Å². The quantitative estimate of drug-likeness (QED) is 0.616. The highest BCUT2D eigenvalue weighted by Crippen LogP contribution is 2.18. The average molecular weight is 278 g/mol. The first-order chi connectivity index (χ1) is 7.29. The maximum Gasteiger partial charge on any atom is 0.222 e. The summed E-state index contributed by atoms with van der Waals surface area (Å²) < 4.78 is 0. The summed E-state index contributed by atoms with van der Waals surface area (Å²) in [6, 6.07) is 0.0789. The molecule has 15 heavy (non-hydrogen) atoms. The molecule has 1 heterocycles. The second-order valence-electron chi connectivity index (χ2n) is 4.07. The minimum Gasteiger partial charge on any atom is -0.394 e. The zero-order valence-corrected chi connectivity index (χ0v) is 10.7. The summed E-state index contributed by atoms with van der Waals surface area (Å²) >= 11 is 3.36. The Morgan fingerprint density at radius 3 is 2.87 bits per heavy atom. The molecule has 0 aromatic rings. The van der Waals surface area contributed by atoms with E-state index in [1.165, 1.54) is 0 Å². The molecule has 0 spiro atoms. The van der Waals surface area contributed by atoms with E-state index in [1.807, 2.05) is 4.90 Å². The van der Waals surface area contributed by atoms with Crippen molar-refractivity contribution in [2.45, 2.75) is 44.6 Å². The normalized spacial score (nSPS) is 21.7. The van der Waals surface area contributed by atoms with Crippen LogP contribution in [-0.2, 0) is 4.79 Å². The predicted molar refractivity (Wildman–Crippen MR) is 64.1 cm³/mol. The van der Waals surface area contributed by atoms with Gasteiger partial charge < -0.3 is 10.0 Å². The van der Waals surface area contributed by atoms with Crippen molar-refractivity contribution in [3.63, 3.8) is 0 Å². The fraction of sp³-hybridized carbons (Fsp3) is 0.909. The molecule has 1 amide bonds. The van der Waals surface area contributed by atoms with Crippen LogP contribution in [0.3, 0.4) is 0 Å². The average Bonchev–Trinajstić information content (AvgIpc) is 2.29. The van der Waals surface area contributed by atoms with E-state index < -0.39 is 0 Å². The Bertz CT molecular complexity index is 199. The van der Waals surface area contributed by atoms with Gasteiger partial charge in [0.05, 0.1) is 12.6 Å². The Labute approximate surface area is 100.0 Å². The van der Waals surface area contributed by atoms with E-state index in [-0.39, 0.29) is 18.6 Å². The molecule has 1 saturated heterocycles. The molecule has 3 nitrogen and oxygen atoms in total. The van der Waals surface area contributed by atoms with Crippen molar-refractivity contribution < 1.29 is 9.90 Å². The van der Waals surface area contributed by atoms with Crippen molar-refractivity contribution in [3.05, 3.63) is 0 Å². The summed E-state index contributed by atoms with van der Waals surface area (Å²) in [6.07, 6.45) is 5.79. The number of carbonyl (C=O) groups is 1. The van der Waals surface area contributed by atoms with Gasteiger partial charge in [-0.05, 0) is 32.1 Å². The van der Waals surface area contributed by atoms with Crippen LogP contribution in [0.5, 0.6) is 0 Å². The molecule has 1 atom stereocenters. The first kappa shape index (κ1) is 13.0. The van der Waals surface area contributed by atoms with E-state index in [0.717, 1.165) is 44.0 Å². The fourth-order valence-corrected chi connectivity index (χ4v) is 2.43. The number of likely N-dealkylation sites (tertiary alicyclic amines) is 1. The number of unbranched alkanes of at least 4 members (excludes halogenated alkanes) is 1. The van der Waals surface area contributed by atoms with Gasteiger partial charge >= 0.3 is 0 Å². The summed E-state index contributed by atoms with van der Waals surface area (Å²) in [5, 5.41) is 10.1. The van der Waals surface area contributed by atoms with Gasteiger partial charge in [-0.15, -0.1) is 0 Å². The number of alkyl halides is 1. The largest absolute Gasteiger partial charge is 0.394 e. The van der Waals surface area contributed by atoms with Crippen LogP contribution in [0.1, 0.15) is 38.5 Å². The first-order valence-electron chi connectivity index (χ1n) is 5.76. The number of rotatable bonds is 5. The fourth-order valence-electron chi connectivity index (χ4n) is 2.03. The van der Waals surface area contributed by atoms with Crippen LogP contribution in [0, 0.1) is 0 Å². The van der Waals surface area contributed by atoms with Gasteiger partial charge in [-0.3, -0.25) is 4.79 Å². The molecule has 1 rings (SSSR count). The van der Waals surface area contributed by atoms with E-state index in [1.54, 1.807) is 0 Å². The van der Waals surface area contributed by atoms with Crippen LogP contribution < -0.4 is 0 Å². The summed E-state index contributed by atoms with van der Waals surface area (Å²) in [4.78, 5) is 13.7.